The van der Waals surface area contributed by atoms with Crippen LogP contribution >= 0.6 is 11.6 Å². The number of halogens is 1. The lowest BCUT2D eigenvalue weighted by molar-refractivity contribution is 0.0637. The van der Waals surface area contributed by atoms with Crippen molar-refractivity contribution in [3.63, 3.8) is 0 Å². The fourth-order valence-corrected chi connectivity index (χ4v) is 3.91. The number of amides is 2. The molecule has 1 aliphatic heterocycles. The molecular formula is C23H14ClN3O3. The highest BCUT2D eigenvalue weighted by Gasteiger charge is 2.36. The Morgan fingerprint density at radius 3 is 2.07 bits per heavy atom. The molecule has 0 aliphatic carbocycles. The Hall–Kier alpha value is -3.77. The Kier molecular flexibility index (Phi) is 4.22. The van der Waals surface area contributed by atoms with Gasteiger partial charge in [0.05, 0.1) is 39.3 Å². The van der Waals surface area contributed by atoms with Crippen LogP contribution in [0.2, 0.25) is 5.02 Å². The van der Waals surface area contributed by atoms with Crippen LogP contribution in [-0.4, -0.2) is 26.3 Å². The smallest absolute Gasteiger partial charge is 0.266 e. The van der Waals surface area contributed by atoms with Gasteiger partial charge in [-0.25, -0.2) is 4.98 Å². The molecule has 30 heavy (non-hydrogen) atoms. The molecule has 0 fully saturated rings. The lowest BCUT2D eigenvalue weighted by atomic mass is 10.1. The second kappa shape index (κ2) is 6.93. The average molecular weight is 416 g/mol. The molecule has 6 nitrogen and oxygen atoms in total. The molecule has 1 aromatic heterocycles. The third kappa shape index (κ3) is 2.73. The monoisotopic (exact) mass is 415 g/mol. The maximum atomic E-state index is 13.3. The van der Waals surface area contributed by atoms with Crippen LogP contribution in [0.5, 0.6) is 0 Å². The molecule has 4 aromatic rings. The molecular weight excluding hydrogens is 402 g/mol. The zero-order chi connectivity index (χ0) is 20.8. The molecule has 0 saturated heterocycles. The molecule has 3 aromatic carbocycles. The van der Waals surface area contributed by atoms with E-state index in [0.717, 1.165) is 4.90 Å². The van der Waals surface area contributed by atoms with Crippen molar-refractivity contribution in [3.8, 4) is 5.69 Å². The van der Waals surface area contributed by atoms with E-state index >= 15 is 0 Å². The van der Waals surface area contributed by atoms with Gasteiger partial charge in [-0.05, 0) is 36.4 Å². The summed E-state index contributed by atoms with van der Waals surface area (Å²) in [6.45, 7) is -0.155. The average Bonchev–Trinajstić information content (AvgIpc) is 3.00. The fraction of sp³-hybridized carbons (Fsp3) is 0.0435. The minimum Gasteiger partial charge on any atom is -0.269 e. The quantitative estimate of drug-likeness (QED) is 0.477. The van der Waals surface area contributed by atoms with E-state index in [2.05, 4.69) is 4.98 Å². The van der Waals surface area contributed by atoms with Crippen LogP contribution in [0.3, 0.4) is 0 Å². The SMILES string of the molecule is O=C1c2ccccc2C(=O)N1Cc1nc2ccccc2c(=O)n1-c1ccccc1Cl. The number of fused-ring (bicyclic) bond motifs is 2. The van der Waals surface area contributed by atoms with Gasteiger partial charge in [0.25, 0.3) is 17.4 Å². The van der Waals surface area contributed by atoms with Gasteiger partial charge in [-0.2, -0.15) is 0 Å². The van der Waals surface area contributed by atoms with Crippen molar-refractivity contribution in [1.29, 1.82) is 0 Å². The van der Waals surface area contributed by atoms with Gasteiger partial charge in [-0.15, -0.1) is 0 Å². The van der Waals surface area contributed by atoms with Crippen LogP contribution in [0.25, 0.3) is 16.6 Å². The van der Waals surface area contributed by atoms with E-state index in [1.165, 1.54) is 4.57 Å². The molecule has 0 bridgehead atoms. The number of imide groups is 1. The first-order chi connectivity index (χ1) is 14.6. The van der Waals surface area contributed by atoms with Gasteiger partial charge in [-0.1, -0.05) is 48.0 Å². The minimum atomic E-state index is -0.413. The standard InChI is InChI=1S/C23H14ClN3O3/c24-17-10-4-6-12-19(17)27-20(25-18-11-5-3-9-16(18)23(27)30)13-26-21(28)14-7-1-2-8-15(14)22(26)29/h1-12H,13H2. The van der Waals surface area contributed by atoms with Gasteiger partial charge < -0.3 is 0 Å². The third-order valence-electron chi connectivity index (χ3n) is 5.12. The van der Waals surface area contributed by atoms with Crippen LogP contribution in [-0.2, 0) is 6.54 Å². The molecule has 1 aliphatic rings. The van der Waals surface area contributed by atoms with Gasteiger partial charge in [0.15, 0.2) is 0 Å². The number of aromatic nitrogens is 2. The van der Waals surface area contributed by atoms with Crippen molar-refractivity contribution in [3.05, 3.63) is 105 Å². The molecule has 0 atom stereocenters. The van der Waals surface area contributed by atoms with Gasteiger partial charge >= 0.3 is 0 Å². The van der Waals surface area contributed by atoms with Crippen LogP contribution in [0.15, 0.2) is 77.6 Å². The number of para-hydroxylation sites is 2. The number of carbonyl (C=O) groups excluding carboxylic acids is 2. The molecule has 0 spiro atoms. The number of hydrogen-bond acceptors (Lipinski definition) is 4. The maximum absolute atomic E-state index is 13.3. The largest absolute Gasteiger partial charge is 0.269 e. The van der Waals surface area contributed by atoms with Crippen molar-refractivity contribution in [2.24, 2.45) is 0 Å². The molecule has 2 heterocycles. The highest BCUT2D eigenvalue weighted by atomic mass is 35.5. The van der Waals surface area contributed by atoms with Gasteiger partial charge in [0.1, 0.15) is 5.82 Å². The lowest BCUT2D eigenvalue weighted by Crippen LogP contribution is -2.33. The highest BCUT2D eigenvalue weighted by Crippen LogP contribution is 2.26. The summed E-state index contributed by atoms with van der Waals surface area (Å²) in [7, 11) is 0. The molecule has 0 saturated carbocycles. The van der Waals surface area contributed by atoms with Crippen LogP contribution in [0.4, 0.5) is 0 Å². The number of nitrogens with zero attached hydrogens (tertiary/aromatic N) is 3. The van der Waals surface area contributed by atoms with Crippen molar-refractivity contribution in [2.75, 3.05) is 0 Å². The molecule has 5 rings (SSSR count). The van der Waals surface area contributed by atoms with Crippen LogP contribution in [0, 0.1) is 0 Å². The molecule has 0 radical (unpaired) electrons. The summed E-state index contributed by atoms with van der Waals surface area (Å²) in [5, 5.41) is 0.781. The summed E-state index contributed by atoms with van der Waals surface area (Å²) < 4.78 is 1.37. The number of hydrogen-bond donors (Lipinski definition) is 0. The van der Waals surface area contributed by atoms with E-state index in [-0.39, 0.29) is 17.9 Å². The molecule has 7 heteroatoms. The van der Waals surface area contributed by atoms with Gasteiger partial charge in [-0.3, -0.25) is 23.9 Å². The summed E-state index contributed by atoms with van der Waals surface area (Å²) in [5.74, 6) is -0.575. The molecule has 0 N–H and O–H groups in total. The van der Waals surface area contributed by atoms with E-state index in [9.17, 15) is 14.4 Å². The van der Waals surface area contributed by atoms with E-state index in [4.69, 9.17) is 11.6 Å². The van der Waals surface area contributed by atoms with Crippen molar-refractivity contribution < 1.29 is 9.59 Å². The first kappa shape index (κ1) is 18.3. The van der Waals surface area contributed by atoms with E-state index in [1.54, 1.807) is 72.8 Å². The summed E-state index contributed by atoms with van der Waals surface area (Å²) in [4.78, 5) is 44.7. The Morgan fingerprint density at radius 2 is 1.37 bits per heavy atom. The predicted molar refractivity (Wildman–Crippen MR) is 113 cm³/mol. The molecule has 0 unspecified atom stereocenters. The lowest BCUT2D eigenvalue weighted by Gasteiger charge is -2.19. The second-order valence-corrected chi connectivity index (χ2v) is 7.29. The topological polar surface area (TPSA) is 72.3 Å². The fourth-order valence-electron chi connectivity index (χ4n) is 3.69. The first-order valence-corrected chi connectivity index (χ1v) is 9.65. The van der Waals surface area contributed by atoms with E-state index in [1.807, 2.05) is 0 Å². The number of benzene rings is 3. The Bertz CT molecular complexity index is 1380. The van der Waals surface area contributed by atoms with E-state index in [0.29, 0.717) is 32.7 Å². The summed E-state index contributed by atoms with van der Waals surface area (Å²) in [6, 6.07) is 20.5. The molecule has 146 valence electrons. The van der Waals surface area contributed by atoms with Crippen LogP contribution in [0.1, 0.15) is 26.5 Å². The summed E-state index contributed by atoms with van der Waals surface area (Å²) >= 11 is 6.37. The van der Waals surface area contributed by atoms with Gasteiger partial charge in [0, 0.05) is 0 Å². The Morgan fingerprint density at radius 1 is 0.767 bits per heavy atom. The van der Waals surface area contributed by atoms with Crippen molar-refractivity contribution in [1.82, 2.24) is 14.5 Å². The van der Waals surface area contributed by atoms with Crippen LogP contribution < -0.4 is 5.56 Å². The maximum Gasteiger partial charge on any atom is 0.266 e. The zero-order valence-electron chi connectivity index (χ0n) is 15.6. The number of carbonyl (C=O) groups is 2. The van der Waals surface area contributed by atoms with E-state index < -0.39 is 11.8 Å². The Labute approximate surface area is 176 Å². The molecule has 2 amide bonds. The van der Waals surface area contributed by atoms with Crippen molar-refractivity contribution in [2.45, 2.75) is 6.54 Å². The van der Waals surface area contributed by atoms with Crippen molar-refractivity contribution >= 4 is 34.3 Å². The summed E-state index contributed by atoms with van der Waals surface area (Å²) in [6.07, 6.45) is 0. The number of rotatable bonds is 3. The first-order valence-electron chi connectivity index (χ1n) is 9.27. The second-order valence-electron chi connectivity index (χ2n) is 6.88. The van der Waals surface area contributed by atoms with Gasteiger partial charge in [0.2, 0.25) is 0 Å². The normalized spacial score (nSPS) is 13.2. The summed E-state index contributed by atoms with van der Waals surface area (Å²) in [5.41, 5.74) is 1.29. The zero-order valence-corrected chi connectivity index (χ0v) is 16.3. The highest BCUT2D eigenvalue weighted by molar-refractivity contribution is 6.32. The predicted octanol–water partition coefficient (Wildman–Crippen LogP) is 3.84. The third-order valence-corrected chi connectivity index (χ3v) is 5.44. The minimum absolute atomic E-state index is 0.155. The Balaban J connectivity index is 1.71.